The summed E-state index contributed by atoms with van der Waals surface area (Å²) in [4.78, 5) is 6.90. The maximum Gasteiger partial charge on any atom is 0.0575 e. The quantitative estimate of drug-likeness (QED) is 0.799. The second-order valence-corrected chi connectivity index (χ2v) is 4.29. The van der Waals surface area contributed by atoms with E-state index >= 15 is 0 Å². The van der Waals surface area contributed by atoms with E-state index in [9.17, 15) is 0 Å². The molecule has 2 N–H and O–H groups in total. The van der Waals surface area contributed by atoms with Crippen LogP contribution in [0.25, 0.3) is 0 Å². The summed E-state index contributed by atoms with van der Waals surface area (Å²) in [5, 5.41) is 0. The van der Waals surface area contributed by atoms with Crippen LogP contribution in [0.5, 0.6) is 0 Å². The zero-order valence-corrected chi connectivity index (χ0v) is 9.32. The van der Waals surface area contributed by atoms with Gasteiger partial charge in [0.2, 0.25) is 0 Å². The van der Waals surface area contributed by atoms with Crippen LogP contribution in [0.15, 0.2) is 18.3 Å². The Morgan fingerprint density at radius 2 is 2.33 bits per heavy atom. The van der Waals surface area contributed by atoms with Crippen LogP contribution in [0.1, 0.15) is 36.6 Å². The largest absolute Gasteiger partial charge is 0.326 e. The molecule has 1 saturated heterocycles. The third kappa shape index (κ3) is 2.36. The molecule has 1 unspecified atom stereocenters. The molecule has 2 heterocycles. The SMILES string of the molecule is CN1CCCCC1c1ccc(CN)cn1. The second kappa shape index (κ2) is 4.73. The normalized spacial score (nSPS) is 22.9. The molecule has 0 aliphatic carbocycles. The second-order valence-electron chi connectivity index (χ2n) is 4.29. The Labute approximate surface area is 91.3 Å². The van der Waals surface area contributed by atoms with E-state index < -0.39 is 0 Å². The number of piperidine rings is 1. The van der Waals surface area contributed by atoms with E-state index in [4.69, 9.17) is 5.73 Å². The first-order valence-electron chi connectivity index (χ1n) is 5.66. The van der Waals surface area contributed by atoms with Gasteiger partial charge in [0.1, 0.15) is 0 Å². The number of likely N-dealkylation sites (tertiary alicyclic amines) is 1. The van der Waals surface area contributed by atoms with Gasteiger partial charge in [-0.05, 0) is 38.1 Å². The van der Waals surface area contributed by atoms with Crippen molar-refractivity contribution in [2.45, 2.75) is 31.8 Å². The van der Waals surface area contributed by atoms with Gasteiger partial charge in [-0.1, -0.05) is 12.5 Å². The van der Waals surface area contributed by atoms with Crippen molar-refractivity contribution in [3.63, 3.8) is 0 Å². The maximum absolute atomic E-state index is 5.56. The highest BCUT2D eigenvalue weighted by atomic mass is 15.1. The average molecular weight is 205 g/mol. The molecule has 1 fully saturated rings. The molecule has 1 aliphatic heterocycles. The van der Waals surface area contributed by atoms with Gasteiger partial charge < -0.3 is 5.73 Å². The van der Waals surface area contributed by atoms with Crippen LogP contribution in [0.3, 0.4) is 0 Å². The van der Waals surface area contributed by atoms with Crippen LogP contribution in [0.4, 0.5) is 0 Å². The first-order chi connectivity index (χ1) is 7.31. The smallest absolute Gasteiger partial charge is 0.0575 e. The molecule has 1 aromatic heterocycles. The monoisotopic (exact) mass is 205 g/mol. The van der Waals surface area contributed by atoms with E-state index in [2.05, 4.69) is 29.1 Å². The first kappa shape index (κ1) is 10.6. The number of hydrogen-bond donors (Lipinski definition) is 1. The first-order valence-corrected chi connectivity index (χ1v) is 5.66. The van der Waals surface area contributed by atoms with Crippen molar-refractivity contribution in [2.75, 3.05) is 13.6 Å². The molecule has 0 spiro atoms. The van der Waals surface area contributed by atoms with E-state index in [-0.39, 0.29) is 0 Å². The lowest BCUT2D eigenvalue weighted by atomic mass is 9.99. The number of hydrogen-bond acceptors (Lipinski definition) is 3. The molecule has 15 heavy (non-hydrogen) atoms. The van der Waals surface area contributed by atoms with Crippen LogP contribution in [-0.4, -0.2) is 23.5 Å². The van der Waals surface area contributed by atoms with E-state index in [1.54, 1.807) is 0 Å². The molecule has 1 aromatic rings. The van der Waals surface area contributed by atoms with E-state index in [0.717, 1.165) is 5.56 Å². The number of nitrogens with two attached hydrogens (primary N) is 1. The number of rotatable bonds is 2. The van der Waals surface area contributed by atoms with Gasteiger partial charge >= 0.3 is 0 Å². The molecule has 0 saturated carbocycles. The zero-order chi connectivity index (χ0) is 10.7. The predicted octanol–water partition coefficient (Wildman–Crippen LogP) is 1.70. The van der Waals surface area contributed by atoms with Gasteiger partial charge in [0.05, 0.1) is 11.7 Å². The predicted molar refractivity (Wildman–Crippen MR) is 61.4 cm³/mol. The Morgan fingerprint density at radius 3 is 2.93 bits per heavy atom. The standard InChI is InChI=1S/C12H19N3/c1-15-7-3-2-4-12(15)11-6-5-10(8-13)9-14-11/h5-6,9,12H,2-4,7-8,13H2,1H3. The summed E-state index contributed by atoms with van der Waals surface area (Å²) in [6, 6.07) is 4.71. The van der Waals surface area contributed by atoms with Crippen LogP contribution in [-0.2, 0) is 6.54 Å². The maximum atomic E-state index is 5.56. The summed E-state index contributed by atoms with van der Waals surface area (Å²) >= 11 is 0. The highest BCUT2D eigenvalue weighted by Gasteiger charge is 2.21. The average Bonchev–Trinajstić information content (AvgIpc) is 2.30. The summed E-state index contributed by atoms with van der Waals surface area (Å²) < 4.78 is 0. The molecule has 0 aromatic carbocycles. The van der Waals surface area contributed by atoms with Gasteiger partial charge in [0.15, 0.2) is 0 Å². The Balaban J connectivity index is 2.13. The van der Waals surface area contributed by atoms with E-state index in [0.29, 0.717) is 12.6 Å². The van der Waals surface area contributed by atoms with Crippen molar-refractivity contribution in [3.8, 4) is 0 Å². The minimum absolute atomic E-state index is 0.505. The van der Waals surface area contributed by atoms with Crippen LogP contribution in [0, 0.1) is 0 Å². The van der Waals surface area contributed by atoms with Gasteiger partial charge in [0.25, 0.3) is 0 Å². The Bertz CT molecular complexity index is 307. The third-order valence-corrected chi connectivity index (χ3v) is 3.20. The van der Waals surface area contributed by atoms with Crippen LogP contribution >= 0.6 is 0 Å². The van der Waals surface area contributed by atoms with Crippen LogP contribution in [0.2, 0.25) is 0 Å². The van der Waals surface area contributed by atoms with Gasteiger partial charge in [-0.25, -0.2) is 0 Å². The number of pyridine rings is 1. The summed E-state index contributed by atoms with van der Waals surface area (Å²) in [7, 11) is 2.18. The fourth-order valence-electron chi connectivity index (χ4n) is 2.20. The van der Waals surface area contributed by atoms with Crippen molar-refractivity contribution < 1.29 is 0 Å². The van der Waals surface area contributed by atoms with Crippen LogP contribution < -0.4 is 5.73 Å². The van der Waals surface area contributed by atoms with Gasteiger partial charge in [-0.3, -0.25) is 9.88 Å². The van der Waals surface area contributed by atoms with Crippen molar-refractivity contribution in [1.29, 1.82) is 0 Å². The Morgan fingerprint density at radius 1 is 1.47 bits per heavy atom. The van der Waals surface area contributed by atoms with E-state index in [1.165, 1.54) is 31.5 Å². The highest BCUT2D eigenvalue weighted by molar-refractivity contribution is 5.16. The topological polar surface area (TPSA) is 42.1 Å². The van der Waals surface area contributed by atoms with Gasteiger partial charge in [-0.2, -0.15) is 0 Å². The van der Waals surface area contributed by atoms with Crippen molar-refractivity contribution in [1.82, 2.24) is 9.88 Å². The molecule has 0 radical (unpaired) electrons. The molecule has 0 bridgehead atoms. The number of aromatic nitrogens is 1. The molecule has 1 atom stereocenters. The summed E-state index contributed by atoms with van der Waals surface area (Å²) in [6.07, 6.45) is 5.76. The molecule has 0 amide bonds. The Kier molecular flexibility index (Phi) is 3.34. The fourth-order valence-corrected chi connectivity index (χ4v) is 2.20. The summed E-state index contributed by atoms with van der Waals surface area (Å²) in [5.74, 6) is 0. The minimum Gasteiger partial charge on any atom is -0.326 e. The lowest BCUT2D eigenvalue weighted by Gasteiger charge is -2.31. The molecule has 3 heteroatoms. The molecule has 3 nitrogen and oxygen atoms in total. The molecular formula is C12H19N3. The Hall–Kier alpha value is -0.930. The lowest BCUT2D eigenvalue weighted by Crippen LogP contribution is -2.30. The number of nitrogens with zero attached hydrogens (tertiary/aromatic N) is 2. The minimum atomic E-state index is 0.505. The summed E-state index contributed by atoms with van der Waals surface area (Å²) in [5.41, 5.74) is 7.85. The zero-order valence-electron chi connectivity index (χ0n) is 9.32. The molecular weight excluding hydrogens is 186 g/mol. The van der Waals surface area contributed by atoms with Gasteiger partial charge in [-0.15, -0.1) is 0 Å². The third-order valence-electron chi connectivity index (χ3n) is 3.20. The molecule has 2 rings (SSSR count). The lowest BCUT2D eigenvalue weighted by molar-refractivity contribution is 0.183. The summed E-state index contributed by atoms with van der Waals surface area (Å²) in [6.45, 7) is 1.76. The van der Waals surface area contributed by atoms with Crippen molar-refractivity contribution in [2.24, 2.45) is 5.73 Å². The van der Waals surface area contributed by atoms with Crippen molar-refractivity contribution in [3.05, 3.63) is 29.6 Å². The highest BCUT2D eigenvalue weighted by Crippen LogP contribution is 2.27. The molecule has 1 aliphatic rings. The van der Waals surface area contributed by atoms with Crippen molar-refractivity contribution >= 4 is 0 Å². The van der Waals surface area contributed by atoms with E-state index in [1.807, 2.05) is 6.20 Å². The molecule has 82 valence electrons. The van der Waals surface area contributed by atoms with Gasteiger partial charge in [0, 0.05) is 12.7 Å². The fraction of sp³-hybridized carbons (Fsp3) is 0.583.